The molecule has 0 radical (unpaired) electrons. The standard InChI is InChI=1S/C29H23Cl2F5N2O4/c30-21-12-37-13-22(31)20(21)11-25(18-4-6-24(42-28(32)33)26(9-18)40-15-16-1-2-16)41-27(39)14-38-8-7-17-3-5-19(10-23(17)38)29(34,35)36/h3-10,12-13,16,25,28H,1-2,11,14-15H2/t25-/m0/s1. The maximum atomic E-state index is 13.3. The van der Waals surface area contributed by atoms with E-state index in [9.17, 15) is 26.7 Å². The molecule has 1 atom stereocenters. The first kappa shape index (κ1) is 29.9. The summed E-state index contributed by atoms with van der Waals surface area (Å²) in [5.41, 5.74) is 0.132. The molecule has 2 aromatic heterocycles. The van der Waals surface area contributed by atoms with Gasteiger partial charge in [0, 0.05) is 30.5 Å². The SMILES string of the molecule is O=C(Cn1ccc2ccc(C(F)(F)F)cc21)O[C@@H](Cc1c(Cl)cncc1Cl)c1ccc(OC(F)F)c(OCC2CC2)c1. The summed E-state index contributed by atoms with van der Waals surface area (Å²) in [6.07, 6.45) is 0.533. The van der Waals surface area contributed by atoms with E-state index in [0.29, 0.717) is 29.0 Å². The third-order valence-electron chi connectivity index (χ3n) is 6.74. The van der Waals surface area contributed by atoms with Crippen molar-refractivity contribution in [2.45, 2.75) is 44.7 Å². The number of carbonyl (C=O) groups excluding carboxylic acids is 1. The molecule has 0 unspecified atom stereocenters. The average Bonchev–Trinajstić information content (AvgIpc) is 3.68. The second kappa shape index (κ2) is 12.3. The van der Waals surface area contributed by atoms with Crippen LogP contribution in [0.5, 0.6) is 11.5 Å². The third-order valence-corrected chi connectivity index (χ3v) is 7.39. The number of esters is 1. The van der Waals surface area contributed by atoms with Crippen LogP contribution in [0.1, 0.15) is 35.6 Å². The Bertz CT molecular complexity index is 1570. The topological polar surface area (TPSA) is 62.6 Å². The Morgan fingerprint density at radius 1 is 1.02 bits per heavy atom. The number of hydrogen-bond acceptors (Lipinski definition) is 5. The van der Waals surface area contributed by atoms with Gasteiger partial charge in [0.1, 0.15) is 12.6 Å². The Morgan fingerprint density at radius 2 is 1.76 bits per heavy atom. The second-order valence-corrected chi connectivity index (χ2v) is 10.6. The van der Waals surface area contributed by atoms with Gasteiger partial charge in [-0.3, -0.25) is 9.78 Å². The lowest BCUT2D eigenvalue weighted by atomic mass is 10.0. The van der Waals surface area contributed by atoms with E-state index in [0.717, 1.165) is 25.0 Å². The van der Waals surface area contributed by atoms with Crippen molar-refractivity contribution < 1.29 is 41.0 Å². The monoisotopic (exact) mass is 628 g/mol. The molecule has 1 aliphatic rings. The van der Waals surface area contributed by atoms with Crippen LogP contribution < -0.4 is 9.47 Å². The van der Waals surface area contributed by atoms with Crippen LogP contribution in [-0.2, 0) is 28.7 Å². The van der Waals surface area contributed by atoms with Gasteiger partial charge in [-0.1, -0.05) is 35.3 Å². The van der Waals surface area contributed by atoms with E-state index in [-0.39, 0.29) is 33.5 Å². The summed E-state index contributed by atoms with van der Waals surface area (Å²) in [4.78, 5) is 17.1. The minimum atomic E-state index is -4.56. The molecule has 0 aliphatic heterocycles. The van der Waals surface area contributed by atoms with Gasteiger partial charge in [0.15, 0.2) is 11.5 Å². The summed E-state index contributed by atoms with van der Waals surface area (Å²) in [5.74, 6) is -0.600. The fourth-order valence-electron chi connectivity index (χ4n) is 4.40. The highest BCUT2D eigenvalue weighted by molar-refractivity contribution is 6.35. The number of fused-ring (bicyclic) bond motifs is 1. The molecule has 2 aromatic carbocycles. The summed E-state index contributed by atoms with van der Waals surface area (Å²) < 4.78 is 83.5. The van der Waals surface area contributed by atoms with Gasteiger partial charge in [0.05, 0.1) is 22.2 Å². The molecule has 6 nitrogen and oxygen atoms in total. The van der Waals surface area contributed by atoms with Crippen molar-refractivity contribution in [2.75, 3.05) is 6.61 Å². The van der Waals surface area contributed by atoms with Crippen molar-refractivity contribution in [1.29, 1.82) is 0 Å². The van der Waals surface area contributed by atoms with Crippen LogP contribution in [0.3, 0.4) is 0 Å². The van der Waals surface area contributed by atoms with E-state index < -0.39 is 37.0 Å². The number of nitrogens with zero attached hydrogens (tertiary/aromatic N) is 2. The van der Waals surface area contributed by atoms with E-state index in [1.54, 1.807) is 6.07 Å². The number of pyridine rings is 1. The van der Waals surface area contributed by atoms with Gasteiger partial charge in [-0.25, -0.2) is 0 Å². The Morgan fingerprint density at radius 3 is 2.43 bits per heavy atom. The summed E-state index contributed by atoms with van der Waals surface area (Å²) in [5, 5.41) is 0.930. The van der Waals surface area contributed by atoms with Crippen LogP contribution in [-0.4, -0.2) is 28.7 Å². The molecule has 42 heavy (non-hydrogen) atoms. The number of alkyl halides is 5. The fourth-order valence-corrected chi connectivity index (χ4v) is 4.92. The van der Waals surface area contributed by atoms with Gasteiger partial charge in [-0.2, -0.15) is 22.0 Å². The zero-order valence-corrected chi connectivity index (χ0v) is 23.2. The Hall–Kier alpha value is -3.57. The molecule has 0 spiro atoms. The number of carbonyl (C=O) groups is 1. The van der Waals surface area contributed by atoms with Crippen molar-refractivity contribution in [3.8, 4) is 11.5 Å². The average molecular weight is 629 g/mol. The van der Waals surface area contributed by atoms with Crippen molar-refractivity contribution in [1.82, 2.24) is 9.55 Å². The second-order valence-electron chi connectivity index (χ2n) is 9.82. The first-order chi connectivity index (χ1) is 20.0. The van der Waals surface area contributed by atoms with Crippen LogP contribution in [0.15, 0.2) is 61.1 Å². The van der Waals surface area contributed by atoms with E-state index in [2.05, 4.69) is 9.72 Å². The summed E-state index contributed by atoms with van der Waals surface area (Å²) in [6.45, 7) is -3.19. The minimum absolute atomic E-state index is 0.0201. The zero-order valence-electron chi connectivity index (χ0n) is 21.7. The molecule has 1 saturated carbocycles. The van der Waals surface area contributed by atoms with Gasteiger partial charge in [-0.05, 0) is 65.6 Å². The molecule has 2 heterocycles. The van der Waals surface area contributed by atoms with Crippen LogP contribution in [0.25, 0.3) is 10.9 Å². The molecule has 13 heteroatoms. The third kappa shape index (κ3) is 7.25. The molecule has 1 fully saturated rings. The van der Waals surface area contributed by atoms with E-state index in [4.69, 9.17) is 32.7 Å². The molecular weight excluding hydrogens is 606 g/mol. The summed E-state index contributed by atoms with van der Waals surface area (Å²) in [6, 6.07) is 9.02. The van der Waals surface area contributed by atoms with E-state index in [1.807, 2.05) is 0 Å². The van der Waals surface area contributed by atoms with Crippen LogP contribution in [0.4, 0.5) is 22.0 Å². The van der Waals surface area contributed by atoms with Crippen molar-refractivity contribution >= 4 is 40.1 Å². The lowest BCUT2D eigenvalue weighted by Crippen LogP contribution is -2.19. The lowest BCUT2D eigenvalue weighted by molar-refractivity contribution is -0.150. The van der Waals surface area contributed by atoms with E-state index in [1.165, 1.54) is 47.4 Å². The van der Waals surface area contributed by atoms with Gasteiger partial charge in [0.2, 0.25) is 0 Å². The van der Waals surface area contributed by atoms with Crippen molar-refractivity contribution in [2.24, 2.45) is 5.92 Å². The molecular formula is C29H23Cl2F5N2O4. The quantitative estimate of drug-likeness (QED) is 0.124. The Labute approximate surface area is 246 Å². The molecule has 0 saturated heterocycles. The largest absolute Gasteiger partial charge is 0.489 e. The molecule has 0 bridgehead atoms. The predicted octanol–water partition coefficient (Wildman–Crippen LogP) is 8.28. The van der Waals surface area contributed by atoms with Gasteiger partial charge < -0.3 is 18.8 Å². The molecule has 4 aromatic rings. The lowest BCUT2D eigenvalue weighted by Gasteiger charge is -2.22. The van der Waals surface area contributed by atoms with Crippen LogP contribution >= 0.6 is 23.2 Å². The highest BCUT2D eigenvalue weighted by atomic mass is 35.5. The van der Waals surface area contributed by atoms with Gasteiger partial charge in [0.25, 0.3) is 0 Å². The smallest absolute Gasteiger partial charge is 0.416 e. The molecule has 5 rings (SSSR count). The number of rotatable bonds is 11. The number of halogens is 7. The highest BCUT2D eigenvalue weighted by Crippen LogP contribution is 2.38. The van der Waals surface area contributed by atoms with Crippen LogP contribution in [0, 0.1) is 5.92 Å². The highest BCUT2D eigenvalue weighted by Gasteiger charge is 2.31. The minimum Gasteiger partial charge on any atom is -0.489 e. The van der Waals surface area contributed by atoms with E-state index >= 15 is 0 Å². The summed E-state index contributed by atoms with van der Waals surface area (Å²) >= 11 is 12.6. The molecule has 0 amide bonds. The normalized spacial score (nSPS) is 14.3. The summed E-state index contributed by atoms with van der Waals surface area (Å²) in [7, 11) is 0. The number of benzene rings is 2. The first-order valence-corrected chi connectivity index (χ1v) is 13.6. The fraction of sp³-hybridized carbons (Fsp3) is 0.310. The van der Waals surface area contributed by atoms with Gasteiger partial charge >= 0.3 is 18.8 Å². The zero-order chi connectivity index (χ0) is 30.0. The maximum Gasteiger partial charge on any atom is 0.416 e. The van der Waals surface area contributed by atoms with Crippen LogP contribution in [0.2, 0.25) is 10.0 Å². The van der Waals surface area contributed by atoms with Gasteiger partial charge in [-0.15, -0.1) is 0 Å². The number of ether oxygens (including phenoxy) is 3. The predicted molar refractivity (Wildman–Crippen MR) is 145 cm³/mol. The number of hydrogen-bond donors (Lipinski definition) is 0. The molecule has 1 aliphatic carbocycles. The first-order valence-electron chi connectivity index (χ1n) is 12.8. The molecule has 222 valence electrons. The number of aromatic nitrogens is 2. The van der Waals surface area contributed by atoms with Crippen molar-refractivity contribution in [3.63, 3.8) is 0 Å². The Kier molecular flexibility index (Phi) is 8.79. The maximum absolute atomic E-state index is 13.3. The molecule has 0 N–H and O–H groups in total. The Balaban J connectivity index is 1.45. The van der Waals surface area contributed by atoms with Crippen molar-refractivity contribution in [3.05, 3.63) is 87.8 Å².